The number of imidazole rings is 1. The first-order valence-corrected chi connectivity index (χ1v) is 5.52. The van der Waals surface area contributed by atoms with Crippen LogP contribution in [0.5, 0.6) is 0 Å². The molecule has 0 unspecified atom stereocenters. The van der Waals surface area contributed by atoms with Crippen LogP contribution in [0.3, 0.4) is 0 Å². The smallest absolute Gasteiger partial charge is 0.274 e. The van der Waals surface area contributed by atoms with Crippen LogP contribution in [0, 0.1) is 0 Å². The van der Waals surface area contributed by atoms with Crippen molar-refractivity contribution in [3.63, 3.8) is 0 Å². The zero-order chi connectivity index (χ0) is 11.6. The number of nitrogens with zero attached hydrogens (tertiary/aromatic N) is 2. The number of carbonyl (C=O) groups is 2. The molecule has 0 spiro atoms. The molecule has 0 N–H and O–H groups in total. The second-order valence-electron chi connectivity index (χ2n) is 3.09. The highest BCUT2D eigenvalue weighted by Crippen LogP contribution is 2.01. The molecule has 0 aromatic carbocycles. The normalized spacial score (nSPS) is 10.3. The Balaban J connectivity index is 3.39. The first-order chi connectivity index (χ1) is 6.99. The zero-order valence-corrected chi connectivity index (χ0v) is 10.1. The van der Waals surface area contributed by atoms with Gasteiger partial charge in [-0.25, -0.2) is 13.9 Å². The number of aryl methyl sites for hydroxylation is 1. The minimum Gasteiger partial charge on any atom is -0.274 e. The highest BCUT2D eigenvalue weighted by Gasteiger charge is 2.15. The molecule has 0 aliphatic carbocycles. The maximum Gasteiger partial charge on any atom is 0.342 e. The van der Waals surface area contributed by atoms with Crippen LogP contribution in [0.15, 0.2) is 11.0 Å². The first-order valence-electron chi connectivity index (χ1n) is 4.40. The molecule has 0 atom stereocenters. The summed E-state index contributed by atoms with van der Waals surface area (Å²) in [6.07, 6.45) is 1.93. The van der Waals surface area contributed by atoms with Gasteiger partial charge in [-0.05, 0) is 6.42 Å². The lowest BCUT2D eigenvalue weighted by atomic mass is 10.3. The van der Waals surface area contributed by atoms with Gasteiger partial charge in [-0.1, -0.05) is 15.9 Å². The zero-order valence-electron chi connectivity index (χ0n) is 8.49. The van der Waals surface area contributed by atoms with Gasteiger partial charge in [0.25, 0.3) is 0 Å². The summed E-state index contributed by atoms with van der Waals surface area (Å²) < 4.78 is 1.96. The Bertz CT molecular complexity index is 458. The molecule has 82 valence electrons. The molecule has 0 aliphatic heterocycles. The van der Waals surface area contributed by atoms with E-state index >= 15 is 0 Å². The van der Waals surface area contributed by atoms with Gasteiger partial charge in [0.2, 0.25) is 11.8 Å². The van der Waals surface area contributed by atoms with Crippen LogP contribution in [-0.4, -0.2) is 26.3 Å². The molecule has 6 heteroatoms. The molecule has 15 heavy (non-hydrogen) atoms. The summed E-state index contributed by atoms with van der Waals surface area (Å²) in [6.45, 7) is 2.58. The minimum absolute atomic E-state index is 0.379. The summed E-state index contributed by atoms with van der Waals surface area (Å²) in [5.74, 6) is -0.772. The van der Waals surface area contributed by atoms with Gasteiger partial charge in [-0.3, -0.25) is 9.59 Å². The predicted molar refractivity (Wildman–Crippen MR) is 58.8 cm³/mol. The van der Waals surface area contributed by atoms with E-state index in [-0.39, 0.29) is 5.91 Å². The van der Waals surface area contributed by atoms with Gasteiger partial charge in [-0.15, -0.1) is 0 Å². The molecule has 0 aliphatic rings. The van der Waals surface area contributed by atoms with Crippen molar-refractivity contribution in [1.29, 1.82) is 0 Å². The van der Waals surface area contributed by atoms with Crippen molar-refractivity contribution >= 4 is 27.7 Å². The summed E-state index contributed by atoms with van der Waals surface area (Å²) in [6, 6.07) is 0. The molecule has 0 bridgehead atoms. The maximum atomic E-state index is 11.6. The van der Waals surface area contributed by atoms with Crippen molar-refractivity contribution in [3.05, 3.63) is 22.4 Å². The van der Waals surface area contributed by atoms with E-state index in [0.717, 1.165) is 9.13 Å². The van der Waals surface area contributed by atoms with Gasteiger partial charge in [0.05, 0.1) is 0 Å². The molecule has 0 saturated heterocycles. The second kappa shape index (κ2) is 4.57. The molecule has 1 aromatic heterocycles. The van der Waals surface area contributed by atoms with E-state index in [1.54, 1.807) is 0 Å². The molecular formula is C9H11BrN2O3. The standard InChI is InChI=1S/C9H11BrN2O3/c1-6(13)11-5-8(3-4-10)12(7(2)14)9(11)15/h5H,3-4H2,1-2H3. The lowest BCUT2D eigenvalue weighted by molar-refractivity contribution is 0.0920. The third-order valence-corrected chi connectivity index (χ3v) is 2.36. The number of carbonyl (C=O) groups excluding carboxylic acids is 2. The Kier molecular flexibility index (Phi) is 3.62. The van der Waals surface area contributed by atoms with Gasteiger partial charge >= 0.3 is 5.69 Å². The number of alkyl halides is 1. The SMILES string of the molecule is CC(=O)n1cc(CCBr)n(C(C)=O)c1=O. The van der Waals surface area contributed by atoms with Crippen LogP contribution in [0.2, 0.25) is 0 Å². The molecule has 0 saturated carbocycles. The van der Waals surface area contributed by atoms with Crippen molar-refractivity contribution in [2.45, 2.75) is 20.3 Å². The highest BCUT2D eigenvalue weighted by atomic mass is 79.9. The van der Waals surface area contributed by atoms with Crippen LogP contribution in [0.4, 0.5) is 0 Å². The molecule has 5 nitrogen and oxygen atoms in total. The number of aromatic nitrogens is 2. The summed E-state index contributed by atoms with van der Waals surface area (Å²) in [4.78, 5) is 33.9. The lowest BCUT2D eigenvalue weighted by Crippen LogP contribution is -2.30. The lowest BCUT2D eigenvalue weighted by Gasteiger charge is -1.98. The Hall–Kier alpha value is -1.17. The van der Waals surface area contributed by atoms with Crippen LogP contribution in [0.25, 0.3) is 0 Å². The fourth-order valence-electron chi connectivity index (χ4n) is 1.33. The summed E-state index contributed by atoms with van der Waals surface area (Å²) in [7, 11) is 0. The van der Waals surface area contributed by atoms with Gasteiger partial charge in [0.1, 0.15) is 0 Å². The Labute approximate surface area is 94.8 Å². The number of hydrogen-bond acceptors (Lipinski definition) is 3. The van der Waals surface area contributed by atoms with E-state index in [1.807, 2.05) is 0 Å². The van der Waals surface area contributed by atoms with Crippen molar-refractivity contribution < 1.29 is 9.59 Å². The highest BCUT2D eigenvalue weighted by molar-refractivity contribution is 9.09. The van der Waals surface area contributed by atoms with Crippen LogP contribution in [0.1, 0.15) is 29.1 Å². The van der Waals surface area contributed by atoms with Gasteiger partial charge in [0.15, 0.2) is 0 Å². The molecule has 0 fully saturated rings. The van der Waals surface area contributed by atoms with Crippen molar-refractivity contribution in [2.24, 2.45) is 0 Å². The summed E-state index contributed by atoms with van der Waals surface area (Å²) >= 11 is 3.22. The largest absolute Gasteiger partial charge is 0.342 e. The van der Waals surface area contributed by atoms with Gasteiger partial charge < -0.3 is 0 Å². The topological polar surface area (TPSA) is 61.1 Å². The second-order valence-corrected chi connectivity index (χ2v) is 3.88. The van der Waals surface area contributed by atoms with Crippen molar-refractivity contribution in [1.82, 2.24) is 9.13 Å². The molecular weight excluding hydrogens is 264 g/mol. The predicted octanol–water partition coefficient (Wildman–Crippen LogP) is 0.907. The third-order valence-electron chi connectivity index (χ3n) is 1.97. The molecule has 1 rings (SSSR count). The minimum atomic E-state index is -0.592. The fourth-order valence-corrected chi connectivity index (χ4v) is 1.73. The quantitative estimate of drug-likeness (QED) is 0.754. The van der Waals surface area contributed by atoms with Gasteiger partial charge in [-0.2, -0.15) is 0 Å². The third kappa shape index (κ3) is 2.26. The number of rotatable bonds is 2. The Morgan fingerprint density at radius 2 is 1.93 bits per heavy atom. The molecule has 0 amide bonds. The number of hydrogen-bond donors (Lipinski definition) is 0. The van der Waals surface area contributed by atoms with Crippen LogP contribution < -0.4 is 5.69 Å². The Morgan fingerprint density at radius 1 is 1.33 bits per heavy atom. The van der Waals surface area contributed by atoms with Gasteiger partial charge in [0, 0.05) is 31.1 Å². The van der Waals surface area contributed by atoms with Crippen molar-refractivity contribution in [2.75, 3.05) is 5.33 Å². The van der Waals surface area contributed by atoms with E-state index in [2.05, 4.69) is 15.9 Å². The molecule has 1 heterocycles. The average Bonchev–Trinajstić information content (AvgIpc) is 2.43. The van der Waals surface area contributed by atoms with E-state index in [9.17, 15) is 14.4 Å². The number of halogens is 1. The average molecular weight is 275 g/mol. The fraction of sp³-hybridized carbons (Fsp3) is 0.444. The monoisotopic (exact) mass is 274 g/mol. The van der Waals surface area contributed by atoms with E-state index in [0.29, 0.717) is 17.4 Å². The Morgan fingerprint density at radius 3 is 2.33 bits per heavy atom. The van der Waals surface area contributed by atoms with E-state index in [1.165, 1.54) is 20.0 Å². The van der Waals surface area contributed by atoms with Crippen LogP contribution >= 0.6 is 15.9 Å². The maximum absolute atomic E-state index is 11.6. The van der Waals surface area contributed by atoms with Crippen LogP contribution in [-0.2, 0) is 6.42 Å². The van der Waals surface area contributed by atoms with E-state index < -0.39 is 11.6 Å². The summed E-state index contributed by atoms with van der Waals surface area (Å²) in [5, 5.41) is 0.627. The molecule has 1 aromatic rings. The first kappa shape index (κ1) is 11.9. The van der Waals surface area contributed by atoms with E-state index in [4.69, 9.17) is 0 Å². The molecule has 0 radical (unpaired) electrons. The summed E-state index contributed by atoms with van der Waals surface area (Å²) in [5.41, 5.74) is -0.0504. The van der Waals surface area contributed by atoms with Crippen molar-refractivity contribution in [3.8, 4) is 0 Å².